The summed E-state index contributed by atoms with van der Waals surface area (Å²) in [7, 11) is 0. The van der Waals surface area contributed by atoms with Gasteiger partial charge in [-0.2, -0.15) is 0 Å². The van der Waals surface area contributed by atoms with Crippen LogP contribution in [0.4, 0.5) is 0 Å². The van der Waals surface area contributed by atoms with Crippen molar-refractivity contribution >= 4 is 17.6 Å². The van der Waals surface area contributed by atoms with Crippen LogP contribution in [0.25, 0.3) is 6.08 Å². The van der Waals surface area contributed by atoms with Gasteiger partial charge in [0.05, 0.1) is 0 Å². The Morgan fingerprint density at radius 3 is 2.38 bits per heavy atom. The van der Waals surface area contributed by atoms with Gasteiger partial charge in [0.2, 0.25) is 11.4 Å². The van der Waals surface area contributed by atoms with E-state index in [4.69, 9.17) is 4.74 Å². The number of carbonyl (C=O) groups excluding carboxylic acids is 2. The van der Waals surface area contributed by atoms with E-state index in [1.807, 2.05) is 18.2 Å². The predicted molar refractivity (Wildman–Crippen MR) is 80.3 cm³/mol. The number of benzene rings is 2. The summed E-state index contributed by atoms with van der Waals surface area (Å²) >= 11 is 0. The van der Waals surface area contributed by atoms with Crippen molar-refractivity contribution in [2.75, 3.05) is 0 Å². The molecule has 2 aromatic rings. The van der Waals surface area contributed by atoms with E-state index < -0.39 is 5.60 Å². The largest absolute Gasteiger partial charge is 0.467 e. The van der Waals surface area contributed by atoms with Crippen molar-refractivity contribution in [3.8, 4) is 5.75 Å². The standard InChI is InChI=1S/C18H14O3/c1-13(19)18(21-15-8-3-2-4-9-15)12-11-14-7-5-6-10-16(14)17(18)20/h2-12H,1H3. The first-order valence-electron chi connectivity index (χ1n) is 6.72. The zero-order valence-electron chi connectivity index (χ0n) is 11.6. The predicted octanol–water partition coefficient (Wildman–Crippen LogP) is 3.30. The third-order valence-corrected chi connectivity index (χ3v) is 3.59. The number of rotatable bonds is 3. The highest BCUT2D eigenvalue weighted by molar-refractivity contribution is 6.22. The highest BCUT2D eigenvalue weighted by Crippen LogP contribution is 2.31. The second kappa shape index (κ2) is 5.02. The molecule has 0 heterocycles. The summed E-state index contributed by atoms with van der Waals surface area (Å²) in [6.07, 6.45) is 3.31. The number of ether oxygens (including phenoxy) is 1. The molecule has 1 atom stereocenters. The lowest BCUT2D eigenvalue weighted by molar-refractivity contribution is -0.125. The van der Waals surface area contributed by atoms with Gasteiger partial charge in [0, 0.05) is 5.56 Å². The summed E-state index contributed by atoms with van der Waals surface area (Å²) in [6.45, 7) is 1.37. The van der Waals surface area contributed by atoms with Crippen molar-refractivity contribution in [1.29, 1.82) is 0 Å². The van der Waals surface area contributed by atoms with E-state index >= 15 is 0 Å². The van der Waals surface area contributed by atoms with Crippen LogP contribution >= 0.6 is 0 Å². The first-order valence-corrected chi connectivity index (χ1v) is 6.72. The Morgan fingerprint density at radius 1 is 1.00 bits per heavy atom. The minimum Gasteiger partial charge on any atom is -0.467 e. The first-order chi connectivity index (χ1) is 10.1. The first kappa shape index (κ1) is 13.3. The molecule has 104 valence electrons. The van der Waals surface area contributed by atoms with Crippen LogP contribution in [0.5, 0.6) is 5.75 Å². The van der Waals surface area contributed by atoms with Crippen LogP contribution < -0.4 is 4.74 Å². The molecule has 0 bridgehead atoms. The smallest absolute Gasteiger partial charge is 0.247 e. The van der Waals surface area contributed by atoms with Crippen LogP contribution in [0.15, 0.2) is 60.7 Å². The molecule has 1 unspecified atom stereocenters. The van der Waals surface area contributed by atoms with Crippen molar-refractivity contribution < 1.29 is 14.3 Å². The van der Waals surface area contributed by atoms with Crippen molar-refractivity contribution in [2.45, 2.75) is 12.5 Å². The van der Waals surface area contributed by atoms with E-state index in [1.165, 1.54) is 6.92 Å². The fraction of sp³-hybridized carbons (Fsp3) is 0.111. The summed E-state index contributed by atoms with van der Waals surface area (Å²) in [6, 6.07) is 16.1. The molecule has 0 saturated heterocycles. The molecular formula is C18H14O3. The highest BCUT2D eigenvalue weighted by atomic mass is 16.5. The molecule has 0 fully saturated rings. The SMILES string of the molecule is CC(=O)C1(Oc2ccccc2)C=Cc2ccccc2C1=O. The molecule has 0 radical (unpaired) electrons. The Kier molecular flexibility index (Phi) is 3.18. The minimum absolute atomic E-state index is 0.322. The topological polar surface area (TPSA) is 43.4 Å². The van der Waals surface area contributed by atoms with Crippen LogP contribution in [0.1, 0.15) is 22.8 Å². The molecule has 0 N–H and O–H groups in total. The van der Waals surface area contributed by atoms with Crippen LogP contribution in [0.3, 0.4) is 0 Å². The lowest BCUT2D eigenvalue weighted by Crippen LogP contribution is -2.50. The van der Waals surface area contributed by atoms with Crippen LogP contribution in [-0.4, -0.2) is 17.2 Å². The van der Waals surface area contributed by atoms with Crippen LogP contribution in [0.2, 0.25) is 0 Å². The van der Waals surface area contributed by atoms with Gasteiger partial charge >= 0.3 is 0 Å². The molecule has 0 spiro atoms. The van der Waals surface area contributed by atoms with Gasteiger partial charge in [-0.1, -0.05) is 48.5 Å². The molecule has 0 aliphatic heterocycles. The van der Waals surface area contributed by atoms with Gasteiger partial charge in [-0.05, 0) is 30.7 Å². The van der Waals surface area contributed by atoms with Gasteiger partial charge < -0.3 is 4.74 Å². The monoisotopic (exact) mass is 278 g/mol. The van der Waals surface area contributed by atoms with Gasteiger partial charge in [-0.3, -0.25) is 9.59 Å². The molecule has 3 nitrogen and oxygen atoms in total. The molecule has 2 aromatic carbocycles. The normalized spacial score (nSPS) is 20.0. The summed E-state index contributed by atoms with van der Waals surface area (Å²) in [5, 5.41) is 0. The minimum atomic E-state index is -1.57. The fourth-order valence-corrected chi connectivity index (χ4v) is 2.44. The van der Waals surface area contributed by atoms with E-state index in [2.05, 4.69) is 0 Å². The number of para-hydroxylation sites is 1. The Morgan fingerprint density at radius 2 is 1.67 bits per heavy atom. The number of carbonyl (C=O) groups is 2. The average molecular weight is 278 g/mol. The van der Waals surface area contributed by atoms with Crippen LogP contribution in [0, 0.1) is 0 Å². The summed E-state index contributed by atoms with van der Waals surface area (Å²) in [5.41, 5.74) is -0.266. The Hall–Kier alpha value is -2.68. The van der Waals surface area contributed by atoms with E-state index in [1.54, 1.807) is 48.6 Å². The van der Waals surface area contributed by atoms with Gasteiger partial charge in [-0.15, -0.1) is 0 Å². The quantitative estimate of drug-likeness (QED) is 0.809. The second-order valence-electron chi connectivity index (χ2n) is 4.96. The number of hydrogen-bond acceptors (Lipinski definition) is 3. The number of Topliss-reactive ketones (excluding diaryl/α,β-unsaturated/α-hetero) is 2. The molecule has 3 rings (SSSR count). The number of hydrogen-bond donors (Lipinski definition) is 0. The van der Waals surface area contributed by atoms with Gasteiger partial charge in [-0.25, -0.2) is 0 Å². The molecule has 1 aliphatic rings. The third-order valence-electron chi connectivity index (χ3n) is 3.59. The van der Waals surface area contributed by atoms with Crippen molar-refractivity contribution in [3.63, 3.8) is 0 Å². The molecule has 0 amide bonds. The maximum atomic E-state index is 12.8. The zero-order valence-corrected chi connectivity index (χ0v) is 11.6. The van der Waals surface area contributed by atoms with Crippen LogP contribution in [-0.2, 0) is 4.79 Å². The second-order valence-corrected chi connectivity index (χ2v) is 4.96. The van der Waals surface area contributed by atoms with Gasteiger partial charge in [0.25, 0.3) is 0 Å². The Bertz CT molecular complexity index is 731. The zero-order chi connectivity index (χ0) is 14.9. The maximum Gasteiger partial charge on any atom is 0.247 e. The van der Waals surface area contributed by atoms with E-state index in [0.29, 0.717) is 11.3 Å². The molecular weight excluding hydrogens is 264 g/mol. The van der Waals surface area contributed by atoms with Crippen molar-refractivity contribution in [2.24, 2.45) is 0 Å². The maximum absolute atomic E-state index is 12.8. The Labute approximate surface area is 122 Å². The molecule has 1 aliphatic carbocycles. The summed E-state index contributed by atoms with van der Waals surface area (Å²) in [5.74, 6) is -0.163. The average Bonchev–Trinajstić information content (AvgIpc) is 2.51. The number of ketones is 2. The van der Waals surface area contributed by atoms with E-state index in [9.17, 15) is 9.59 Å². The van der Waals surface area contributed by atoms with Crippen molar-refractivity contribution in [3.05, 3.63) is 71.8 Å². The lowest BCUT2D eigenvalue weighted by Gasteiger charge is -2.30. The molecule has 3 heteroatoms. The molecule has 0 saturated carbocycles. The van der Waals surface area contributed by atoms with Gasteiger partial charge in [0.1, 0.15) is 5.75 Å². The van der Waals surface area contributed by atoms with E-state index in [-0.39, 0.29) is 11.6 Å². The summed E-state index contributed by atoms with van der Waals surface area (Å²) < 4.78 is 5.79. The number of fused-ring (bicyclic) bond motifs is 1. The lowest BCUT2D eigenvalue weighted by atomic mass is 9.82. The molecule has 21 heavy (non-hydrogen) atoms. The Balaban J connectivity index is 2.08. The highest BCUT2D eigenvalue weighted by Gasteiger charge is 2.46. The van der Waals surface area contributed by atoms with E-state index in [0.717, 1.165) is 5.56 Å². The molecule has 0 aromatic heterocycles. The third kappa shape index (κ3) is 2.17. The summed E-state index contributed by atoms with van der Waals surface area (Å²) in [4.78, 5) is 24.9. The van der Waals surface area contributed by atoms with Gasteiger partial charge in [0.15, 0.2) is 5.78 Å². The van der Waals surface area contributed by atoms with Crippen molar-refractivity contribution in [1.82, 2.24) is 0 Å². The fourth-order valence-electron chi connectivity index (χ4n) is 2.44.